The fraction of sp³-hybridized carbons (Fsp3) is 0.536. The number of fused-ring (bicyclic) bond motifs is 1. The molecule has 0 spiro atoms. The van der Waals surface area contributed by atoms with E-state index in [0.717, 1.165) is 22.3 Å². The molecule has 1 fully saturated rings. The van der Waals surface area contributed by atoms with Gasteiger partial charge in [-0.15, -0.1) is 0 Å². The lowest BCUT2D eigenvalue weighted by atomic mass is 9.87. The predicted octanol–water partition coefficient (Wildman–Crippen LogP) is 3.35. The summed E-state index contributed by atoms with van der Waals surface area (Å²) < 4.78 is 37.0. The van der Waals surface area contributed by atoms with Gasteiger partial charge in [0.1, 0.15) is 11.4 Å². The second-order valence-corrected chi connectivity index (χ2v) is 13.5. The average Bonchev–Trinajstić information content (AvgIpc) is 3.24. The standard InChI is InChI=1S/C28H39N5O6S/c1-19(17-39-13-12-38-6)30-24-14-20(10-11-29-24)16-31-26(35)33(25(34)28(31,4)5)21-8-9-22-23(15-21)32(40(7,36)37)18-27(22,2)3/h8-11,14-15,19H,12-13,16-18H2,1-7H3,(H,29,30)/t19-/m1/s1. The summed E-state index contributed by atoms with van der Waals surface area (Å²) in [5.41, 5.74) is 0.974. The summed E-state index contributed by atoms with van der Waals surface area (Å²) in [6.07, 6.45) is 2.82. The number of carbonyl (C=O) groups excluding carboxylic acids is 2. The molecule has 40 heavy (non-hydrogen) atoms. The molecule has 0 bridgehead atoms. The number of benzene rings is 1. The van der Waals surface area contributed by atoms with Gasteiger partial charge in [-0.1, -0.05) is 19.9 Å². The molecular weight excluding hydrogens is 534 g/mol. The van der Waals surface area contributed by atoms with E-state index in [1.165, 1.54) is 9.21 Å². The first-order valence-corrected chi connectivity index (χ1v) is 15.1. The van der Waals surface area contributed by atoms with Crippen molar-refractivity contribution in [1.82, 2.24) is 9.88 Å². The minimum atomic E-state index is -3.54. The fourth-order valence-corrected chi connectivity index (χ4v) is 6.19. The monoisotopic (exact) mass is 573 g/mol. The van der Waals surface area contributed by atoms with Crippen LogP contribution in [0.4, 0.5) is 22.0 Å². The molecule has 1 aromatic carbocycles. The minimum absolute atomic E-state index is 0.00202. The van der Waals surface area contributed by atoms with Crippen molar-refractivity contribution in [2.75, 3.05) is 54.3 Å². The molecule has 3 amide bonds. The maximum absolute atomic E-state index is 13.7. The molecule has 4 rings (SSSR count). The lowest BCUT2D eigenvalue weighted by Crippen LogP contribution is -2.43. The molecule has 11 nitrogen and oxygen atoms in total. The summed E-state index contributed by atoms with van der Waals surface area (Å²) >= 11 is 0. The van der Waals surface area contributed by atoms with Crippen LogP contribution in [-0.4, -0.2) is 81.6 Å². The Bertz CT molecular complexity index is 1390. The Kier molecular flexibility index (Phi) is 8.17. The molecule has 1 atom stereocenters. The number of methoxy groups -OCH3 is 1. The van der Waals surface area contributed by atoms with Crippen molar-refractivity contribution in [3.63, 3.8) is 0 Å². The Balaban J connectivity index is 1.55. The van der Waals surface area contributed by atoms with Crippen LogP contribution >= 0.6 is 0 Å². The van der Waals surface area contributed by atoms with Gasteiger partial charge in [-0.25, -0.2) is 23.1 Å². The highest BCUT2D eigenvalue weighted by molar-refractivity contribution is 7.92. The van der Waals surface area contributed by atoms with Crippen LogP contribution in [-0.2, 0) is 36.3 Å². The molecule has 2 aliphatic rings. The second-order valence-electron chi connectivity index (χ2n) is 11.6. The summed E-state index contributed by atoms with van der Waals surface area (Å²) in [6, 6.07) is 8.35. The van der Waals surface area contributed by atoms with Crippen LogP contribution < -0.4 is 14.5 Å². The van der Waals surface area contributed by atoms with Crippen molar-refractivity contribution in [3.05, 3.63) is 47.7 Å². The van der Waals surface area contributed by atoms with Gasteiger partial charge < -0.3 is 19.7 Å². The third-order valence-corrected chi connectivity index (χ3v) is 8.49. The quantitative estimate of drug-likeness (QED) is 0.321. The Morgan fingerprint density at radius 2 is 1.82 bits per heavy atom. The molecule has 12 heteroatoms. The number of nitrogens with zero attached hydrogens (tertiary/aromatic N) is 4. The molecule has 1 saturated heterocycles. The Hall–Kier alpha value is -3.22. The first-order chi connectivity index (χ1) is 18.7. The van der Waals surface area contributed by atoms with Crippen LogP contribution in [0.2, 0.25) is 0 Å². The largest absolute Gasteiger partial charge is 0.382 e. The maximum Gasteiger partial charge on any atom is 0.332 e. The molecular formula is C28H39N5O6S. The first kappa shape index (κ1) is 29.8. The van der Waals surface area contributed by atoms with Crippen LogP contribution in [0.1, 0.15) is 45.7 Å². The Labute approximate surface area is 236 Å². The molecule has 2 aromatic rings. The van der Waals surface area contributed by atoms with Gasteiger partial charge in [0.25, 0.3) is 5.91 Å². The van der Waals surface area contributed by atoms with Gasteiger partial charge >= 0.3 is 6.03 Å². The van der Waals surface area contributed by atoms with E-state index in [2.05, 4.69) is 10.3 Å². The van der Waals surface area contributed by atoms with Gasteiger partial charge in [0.15, 0.2) is 0 Å². The van der Waals surface area contributed by atoms with Gasteiger partial charge in [-0.05, 0) is 56.2 Å². The number of ether oxygens (including phenoxy) is 2. The molecule has 0 radical (unpaired) electrons. The van der Waals surface area contributed by atoms with E-state index in [1.54, 1.807) is 39.3 Å². The number of amides is 3. The predicted molar refractivity (Wildman–Crippen MR) is 154 cm³/mol. The zero-order valence-corrected chi connectivity index (χ0v) is 25.0. The van der Waals surface area contributed by atoms with E-state index in [9.17, 15) is 18.0 Å². The van der Waals surface area contributed by atoms with E-state index < -0.39 is 27.0 Å². The summed E-state index contributed by atoms with van der Waals surface area (Å²) in [4.78, 5) is 34.4. The van der Waals surface area contributed by atoms with Crippen LogP contribution in [0, 0.1) is 0 Å². The SMILES string of the molecule is COCCOC[C@@H](C)Nc1cc(CN2C(=O)N(c3ccc4c(c3)N(S(C)(=O)=O)CC4(C)C)C(=O)C2(C)C)ccn1. The summed E-state index contributed by atoms with van der Waals surface area (Å²) in [5, 5.41) is 3.29. The highest BCUT2D eigenvalue weighted by Gasteiger charge is 2.52. The number of urea groups is 1. The van der Waals surface area contributed by atoms with Crippen molar-refractivity contribution < 1.29 is 27.5 Å². The molecule has 218 valence electrons. The number of hydrogen-bond acceptors (Lipinski definition) is 8. The highest BCUT2D eigenvalue weighted by atomic mass is 32.2. The fourth-order valence-electron chi connectivity index (χ4n) is 5.12. The number of nitrogens with one attached hydrogen (secondary N) is 1. The van der Waals surface area contributed by atoms with Gasteiger partial charge in [0.05, 0.1) is 37.5 Å². The van der Waals surface area contributed by atoms with Gasteiger partial charge in [0.2, 0.25) is 10.0 Å². The topological polar surface area (TPSA) is 121 Å². The zero-order valence-electron chi connectivity index (χ0n) is 24.2. The minimum Gasteiger partial charge on any atom is -0.382 e. The zero-order chi connectivity index (χ0) is 29.5. The third-order valence-electron chi connectivity index (χ3n) is 7.36. The number of anilines is 3. The summed E-state index contributed by atoms with van der Waals surface area (Å²) in [6.45, 7) is 11.3. The van der Waals surface area contributed by atoms with Gasteiger partial charge in [-0.3, -0.25) is 9.10 Å². The lowest BCUT2D eigenvalue weighted by Gasteiger charge is -2.28. The average molecular weight is 574 g/mol. The van der Waals surface area contributed by atoms with E-state index >= 15 is 0 Å². The second kappa shape index (κ2) is 11.0. The van der Waals surface area contributed by atoms with Crippen molar-refractivity contribution >= 4 is 39.2 Å². The molecule has 0 aliphatic carbocycles. The number of pyridine rings is 1. The van der Waals surface area contributed by atoms with E-state index in [0.29, 0.717) is 43.6 Å². The smallest absolute Gasteiger partial charge is 0.332 e. The maximum atomic E-state index is 13.7. The van der Waals surface area contributed by atoms with E-state index in [4.69, 9.17) is 9.47 Å². The third kappa shape index (κ3) is 5.79. The van der Waals surface area contributed by atoms with Gasteiger partial charge in [0, 0.05) is 37.9 Å². The molecule has 0 unspecified atom stereocenters. The van der Waals surface area contributed by atoms with Crippen LogP contribution in [0.15, 0.2) is 36.5 Å². The Morgan fingerprint density at radius 3 is 2.50 bits per heavy atom. The summed E-state index contributed by atoms with van der Waals surface area (Å²) in [7, 11) is -1.92. The molecule has 1 aromatic heterocycles. The number of carbonyl (C=O) groups is 2. The van der Waals surface area contributed by atoms with Crippen molar-refractivity contribution in [2.45, 2.75) is 58.2 Å². The number of rotatable bonds is 11. The van der Waals surface area contributed by atoms with Gasteiger partial charge in [-0.2, -0.15) is 0 Å². The van der Waals surface area contributed by atoms with Crippen molar-refractivity contribution in [2.24, 2.45) is 0 Å². The normalized spacial score (nSPS) is 18.8. The number of hydrogen-bond donors (Lipinski definition) is 1. The first-order valence-electron chi connectivity index (χ1n) is 13.2. The van der Waals surface area contributed by atoms with Crippen molar-refractivity contribution in [1.29, 1.82) is 0 Å². The lowest BCUT2D eigenvalue weighted by molar-refractivity contribution is -0.123. The van der Waals surface area contributed by atoms with Crippen LogP contribution in [0.3, 0.4) is 0 Å². The molecule has 2 aliphatic heterocycles. The van der Waals surface area contributed by atoms with E-state index in [-0.39, 0.29) is 18.5 Å². The Morgan fingerprint density at radius 1 is 1.10 bits per heavy atom. The number of aromatic nitrogens is 1. The van der Waals surface area contributed by atoms with Crippen LogP contribution in [0.5, 0.6) is 0 Å². The molecule has 0 saturated carbocycles. The number of sulfonamides is 1. The number of imide groups is 1. The summed E-state index contributed by atoms with van der Waals surface area (Å²) in [5.74, 6) is 0.255. The van der Waals surface area contributed by atoms with Crippen molar-refractivity contribution in [3.8, 4) is 0 Å². The van der Waals surface area contributed by atoms with Crippen LogP contribution in [0.25, 0.3) is 0 Å². The molecule has 3 heterocycles. The molecule has 1 N–H and O–H groups in total. The van der Waals surface area contributed by atoms with E-state index in [1.807, 2.05) is 39.0 Å². The highest BCUT2D eigenvalue weighted by Crippen LogP contribution is 2.44.